The lowest BCUT2D eigenvalue weighted by atomic mass is 9.98. The number of hydrogen-bond donors (Lipinski definition) is 2. The molecule has 4 aromatic heterocycles. The summed E-state index contributed by atoms with van der Waals surface area (Å²) in [6.45, 7) is 16.6. The maximum atomic E-state index is 14.4. The van der Waals surface area contributed by atoms with Crippen LogP contribution in [-0.4, -0.2) is 204 Å². The lowest BCUT2D eigenvalue weighted by Crippen LogP contribution is -2.36. The van der Waals surface area contributed by atoms with E-state index >= 15 is 0 Å². The number of carboxylic acids is 1. The molecule has 0 saturated carbocycles. The maximum absolute atomic E-state index is 14.4. The van der Waals surface area contributed by atoms with Crippen molar-refractivity contribution in [2.24, 2.45) is 0 Å². The van der Waals surface area contributed by atoms with Crippen LogP contribution in [0.4, 0.5) is 42.1 Å². The van der Waals surface area contributed by atoms with Crippen molar-refractivity contribution < 1.29 is 107 Å². The van der Waals surface area contributed by atoms with E-state index in [1.165, 1.54) is 36.7 Å². The number of ether oxygens (including phenoxy) is 10. The average Bonchev–Trinajstić information content (AvgIpc) is 0.814. The van der Waals surface area contributed by atoms with Crippen molar-refractivity contribution in [3.63, 3.8) is 0 Å². The Bertz CT molecular complexity index is 3470. The third-order valence-electron chi connectivity index (χ3n) is 14.1. The second-order valence-electron chi connectivity index (χ2n) is 22.7. The molecule has 97 heavy (non-hydrogen) atoms. The Morgan fingerprint density at radius 3 is 1.40 bits per heavy atom. The number of esters is 1. The van der Waals surface area contributed by atoms with E-state index in [2.05, 4.69) is 24.8 Å². The van der Waals surface area contributed by atoms with E-state index in [1.807, 2.05) is 24.0 Å². The first-order chi connectivity index (χ1) is 46.3. The zero-order valence-corrected chi connectivity index (χ0v) is 54.6. The van der Waals surface area contributed by atoms with E-state index in [1.54, 1.807) is 52.2 Å². The van der Waals surface area contributed by atoms with Gasteiger partial charge in [-0.15, -0.1) is 0 Å². The Kier molecular flexibility index (Phi) is 31.6. The van der Waals surface area contributed by atoms with Gasteiger partial charge in [-0.3, -0.25) is 19.6 Å². The highest BCUT2D eigenvalue weighted by Crippen LogP contribution is 2.35. The van der Waals surface area contributed by atoms with Gasteiger partial charge in [-0.2, -0.15) is 30.7 Å². The molecule has 0 atom stereocenters. The number of aromatic nitrogens is 4. The van der Waals surface area contributed by atoms with E-state index in [0.717, 1.165) is 41.1 Å². The first kappa shape index (κ1) is 77.9. The number of aliphatic hydroxyl groups excluding tert-OH is 1. The summed E-state index contributed by atoms with van der Waals surface area (Å²) in [5, 5.41) is 17.0. The molecule has 2 N–H and O–H groups in total. The molecular weight excluding hydrogens is 1290 g/mol. The number of anilines is 2. The van der Waals surface area contributed by atoms with E-state index < -0.39 is 52.6 Å². The topological polar surface area (TPSA) is 259 Å². The molecule has 2 aliphatic heterocycles. The summed E-state index contributed by atoms with van der Waals surface area (Å²) in [4.78, 5) is 68.4. The largest absolute Gasteiger partial charge is 0.480 e. The lowest BCUT2D eigenvalue weighted by molar-refractivity contribution is -0.160. The molecular formula is C68H81F7N6O16. The van der Waals surface area contributed by atoms with Gasteiger partial charge in [0.1, 0.15) is 31.1 Å². The number of hydrogen-bond acceptors (Lipinski definition) is 21. The molecule has 2 aliphatic rings. The highest BCUT2D eigenvalue weighted by Gasteiger charge is 2.32. The molecule has 2 fully saturated rings. The Hall–Kier alpha value is -8.13. The summed E-state index contributed by atoms with van der Waals surface area (Å²) >= 11 is 0. The quantitative estimate of drug-likeness (QED) is 0.0131. The molecule has 0 spiro atoms. The lowest BCUT2D eigenvalue weighted by Gasteiger charge is -2.30. The molecule has 8 rings (SSSR count). The Morgan fingerprint density at radius 1 is 0.526 bits per heavy atom. The number of aryl methyl sites for hydroxylation is 2. The minimum Gasteiger partial charge on any atom is -0.480 e. The number of carbonyl (C=O) groups is 4. The predicted octanol–water partition coefficient (Wildman–Crippen LogP) is 9.49. The van der Waals surface area contributed by atoms with E-state index in [4.69, 9.17) is 57.6 Å². The van der Waals surface area contributed by atoms with Gasteiger partial charge in [-0.25, -0.2) is 19.6 Å². The second-order valence-corrected chi connectivity index (χ2v) is 22.7. The first-order valence-corrected chi connectivity index (χ1v) is 31.1. The number of pyridine rings is 4. The molecule has 2 aromatic carbocycles. The SMILES string of the molecule is CC(C)(C)OC(=O)COCCOCCOCCO.Cc1ncc(CC(=O)c2cccc(C(F)(F)F)c2)cc1-c1cnc(F)c(N2CCOCC2)c1.Cc1ncc(CC(=O)c2cccc(C(F)(F)F)c2)cc1-c1cnc(OCCOCCOCCOCC(=O)O)c(N2CCOCC2)c1. The van der Waals surface area contributed by atoms with Gasteiger partial charge in [0.05, 0.1) is 116 Å². The minimum absolute atomic E-state index is 0.0129. The molecule has 0 unspecified atom stereocenters. The molecule has 6 heterocycles. The summed E-state index contributed by atoms with van der Waals surface area (Å²) < 4.78 is 146. The van der Waals surface area contributed by atoms with Crippen LogP contribution in [0, 0.1) is 19.8 Å². The molecule has 0 bridgehead atoms. The maximum Gasteiger partial charge on any atom is 0.416 e. The van der Waals surface area contributed by atoms with Gasteiger partial charge in [0.15, 0.2) is 11.6 Å². The molecule has 22 nitrogen and oxygen atoms in total. The number of aliphatic carboxylic acids is 1. The summed E-state index contributed by atoms with van der Waals surface area (Å²) in [5.41, 5.74) is 4.09. The van der Waals surface area contributed by atoms with Crippen LogP contribution >= 0.6 is 0 Å². The van der Waals surface area contributed by atoms with Crippen LogP contribution < -0.4 is 14.5 Å². The Labute approximate surface area is 557 Å². The number of morpholine rings is 2. The fourth-order valence-corrected chi connectivity index (χ4v) is 9.41. The van der Waals surface area contributed by atoms with Gasteiger partial charge >= 0.3 is 24.3 Å². The van der Waals surface area contributed by atoms with E-state index in [9.17, 15) is 49.9 Å². The predicted molar refractivity (Wildman–Crippen MR) is 340 cm³/mol. The van der Waals surface area contributed by atoms with Crippen LogP contribution in [0.25, 0.3) is 22.3 Å². The number of aliphatic hydroxyl groups is 1. The number of alkyl halides is 6. The minimum atomic E-state index is -4.54. The third-order valence-corrected chi connectivity index (χ3v) is 14.1. The summed E-state index contributed by atoms with van der Waals surface area (Å²) in [7, 11) is 0. The van der Waals surface area contributed by atoms with Crippen molar-refractivity contribution in [3.05, 3.63) is 148 Å². The highest BCUT2D eigenvalue weighted by molar-refractivity contribution is 5.98. The zero-order valence-electron chi connectivity index (χ0n) is 54.6. The fourth-order valence-electron chi connectivity index (χ4n) is 9.41. The molecule has 2 saturated heterocycles. The smallest absolute Gasteiger partial charge is 0.416 e. The number of Topliss-reactive ketones (excluding diaryl/α,β-unsaturated/α-hetero) is 2. The van der Waals surface area contributed by atoms with Crippen LogP contribution in [0.3, 0.4) is 0 Å². The number of carbonyl (C=O) groups excluding carboxylic acids is 3. The molecule has 528 valence electrons. The second kappa shape index (κ2) is 39.3. The van der Waals surface area contributed by atoms with Gasteiger partial charge < -0.3 is 67.4 Å². The number of halogens is 7. The molecule has 0 amide bonds. The van der Waals surface area contributed by atoms with Crippen molar-refractivity contribution in [3.8, 4) is 28.1 Å². The van der Waals surface area contributed by atoms with E-state index in [0.29, 0.717) is 144 Å². The number of rotatable bonds is 32. The molecule has 0 radical (unpaired) electrons. The van der Waals surface area contributed by atoms with Crippen LogP contribution in [-0.2, 0) is 77.4 Å². The molecule has 29 heteroatoms. The zero-order chi connectivity index (χ0) is 70.4. The number of carboxylic acid groups (broad SMARTS) is 1. The average molecular weight is 1370 g/mol. The summed E-state index contributed by atoms with van der Waals surface area (Å²) in [6.07, 6.45) is -3.17. The summed E-state index contributed by atoms with van der Waals surface area (Å²) in [5.74, 6) is -2.48. The van der Waals surface area contributed by atoms with Crippen LogP contribution in [0.5, 0.6) is 5.88 Å². The first-order valence-electron chi connectivity index (χ1n) is 31.1. The number of nitrogens with zero attached hydrogens (tertiary/aromatic N) is 6. The molecule has 0 aliphatic carbocycles. The fraction of sp³-hybridized carbons (Fsp3) is 0.471. The molecule has 6 aromatic rings. The van der Waals surface area contributed by atoms with Crippen molar-refractivity contribution in [2.45, 2.75) is 65.4 Å². The highest BCUT2D eigenvalue weighted by atomic mass is 19.4. The van der Waals surface area contributed by atoms with Crippen LogP contribution in [0.2, 0.25) is 0 Å². The van der Waals surface area contributed by atoms with E-state index in [-0.39, 0.29) is 76.2 Å². The van der Waals surface area contributed by atoms with Crippen molar-refractivity contribution >= 4 is 34.9 Å². The standard InChI is InChI=1S/C32H36F3N3O8.C24H21F4N3O2.C12H24O6/c1-22-27(15-23(19-36-22)16-29(39)24-3-2-4-26(17-24)32(33,34)35)25-18-28(38-5-7-42-8-6-38)31(37-20-25)46-14-13-44-10-9-43-11-12-45-21-30(40)41;1-15-20(18-12-21(23(25)30-14-18)31-5-7-33-8-6-31)9-16(13-29-15)10-22(32)17-3-2-4-19(11-17)24(26,27)28;1-12(2,3)18-11(14)10-17-9-8-16-7-6-15-5-4-13/h2-4,15,17-20H,5-14,16,21H2,1H3,(H,40,41);2-4,9,11-14H,5-8,10H2,1H3;13H,4-10H2,1-3H3. The van der Waals surface area contributed by atoms with Gasteiger partial charge in [0.25, 0.3) is 0 Å². The van der Waals surface area contributed by atoms with Crippen molar-refractivity contribution in [1.82, 2.24) is 19.9 Å². The van der Waals surface area contributed by atoms with Crippen molar-refractivity contribution in [1.29, 1.82) is 0 Å². The van der Waals surface area contributed by atoms with Crippen LogP contribution in [0.1, 0.15) is 75.1 Å². The third kappa shape index (κ3) is 27.4. The monoisotopic (exact) mass is 1370 g/mol. The van der Waals surface area contributed by atoms with Gasteiger partial charge in [0.2, 0.25) is 11.8 Å². The van der Waals surface area contributed by atoms with Gasteiger partial charge in [0, 0.05) is 109 Å². The van der Waals surface area contributed by atoms with Crippen molar-refractivity contribution in [2.75, 3.05) is 155 Å². The van der Waals surface area contributed by atoms with Gasteiger partial charge in [-0.05, 0) is 94.3 Å². The normalized spacial score (nSPS) is 13.5. The summed E-state index contributed by atoms with van der Waals surface area (Å²) in [6, 6.07) is 15.9. The van der Waals surface area contributed by atoms with Gasteiger partial charge in [-0.1, -0.05) is 24.3 Å². The Morgan fingerprint density at radius 2 is 0.948 bits per heavy atom. The number of ketones is 2. The number of benzene rings is 2. The Balaban J connectivity index is 0.000000253. The van der Waals surface area contributed by atoms with Crippen LogP contribution in [0.15, 0.2) is 97.6 Å².